The van der Waals surface area contributed by atoms with Gasteiger partial charge in [0.2, 0.25) is 0 Å². The average molecular weight is 142 g/mol. The second kappa shape index (κ2) is 4.51. The van der Waals surface area contributed by atoms with Crippen LogP contribution in [0.5, 0.6) is 0 Å². The lowest BCUT2D eigenvalue weighted by atomic mass is 9.87. The quantitative estimate of drug-likeness (QED) is 0.597. The summed E-state index contributed by atoms with van der Waals surface area (Å²) in [5.41, 5.74) is 0. The predicted octanol–water partition coefficient (Wildman–Crippen LogP) is 2.22. The number of allylic oxidation sites excluding steroid dienone is 1. The normalized spacial score (nSPS) is 19.6. The Morgan fingerprint density at radius 2 is 2.00 bits per heavy atom. The van der Waals surface area contributed by atoms with Gasteiger partial charge in [0.25, 0.3) is 0 Å². The molecule has 0 heterocycles. The Morgan fingerprint density at radius 1 is 1.50 bits per heavy atom. The van der Waals surface area contributed by atoms with E-state index in [9.17, 15) is 5.11 Å². The summed E-state index contributed by atoms with van der Waals surface area (Å²) in [7, 11) is 0. The highest BCUT2D eigenvalue weighted by Gasteiger charge is 2.16. The average Bonchev–Trinajstić information content (AvgIpc) is 1.88. The number of aliphatic hydroxyl groups is 1. The fourth-order valence-electron chi connectivity index (χ4n) is 1.33. The molecule has 0 aromatic heterocycles. The molecule has 0 spiro atoms. The first-order chi connectivity index (χ1) is 4.63. The first kappa shape index (κ1) is 9.70. The van der Waals surface area contributed by atoms with Crippen molar-refractivity contribution >= 4 is 0 Å². The third-order valence-corrected chi connectivity index (χ3v) is 2.14. The molecule has 1 N–H and O–H groups in total. The van der Waals surface area contributed by atoms with Gasteiger partial charge in [-0.2, -0.15) is 0 Å². The molecule has 10 heavy (non-hydrogen) atoms. The molecule has 1 nitrogen and oxygen atoms in total. The minimum absolute atomic E-state index is 0.210. The van der Waals surface area contributed by atoms with Crippen molar-refractivity contribution in [1.29, 1.82) is 0 Å². The molecule has 0 saturated carbocycles. The van der Waals surface area contributed by atoms with Crippen LogP contribution in [-0.2, 0) is 0 Å². The number of hydrogen-bond acceptors (Lipinski definition) is 1. The van der Waals surface area contributed by atoms with Crippen LogP contribution in [-0.4, -0.2) is 11.2 Å². The Bertz CT molecular complexity index is 96.9. The van der Waals surface area contributed by atoms with Crippen LogP contribution < -0.4 is 0 Å². The Kier molecular flexibility index (Phi) is 4.37. The summed E-state index contributed by atoms with van der Waals surface area (Å²) in [6.45, 7) is 9.73. The van der Waals surface area contributed by atoms with Crippen molar-refractivity contribution in [2.24, 2.45) is 11.8 Å². The Labute approximate surface area is 63.8 Å². The zero-order chi connectivity index (χ0) is 8.15. The van der Waals surface area contributed by atoms with Gasteiger partial charge in [0, 0.05) is 0 Å². The molecule has 3 unspecified atom stereocenters. The summed E-state index contributed by atoms with van der Waals surface area (Å²) in [5, 5.41) is 9.27. The largest absolute Gasteiger partial charge is 0.393 e. The van der Waals surface area contributed by atoms with Crippen LogP contribution in [0, 0.1) is 11.8 Å². The predicted molar refractivity (Wildman–Crippen MR) is 44.8 cm³/mol. The number of hydrogen-bond donors (Lipinski definition) is 1. The smallest absolute Gasteiger partial charge is 0.0545 e. The summed E-state index contributed by atoms with van der Waals surface area (Å²) in [5.74, 6) is 0.794. The standard InChI is InChI=1S/C9H18O/c1-5-7(3)9(6-2)8(4)10/h5,7-10H,1,6H2,2-4H3. The molecule has 60 valence electrons. The molecule has 3 atom stereocenters. The fourth-order valence-corrected chi connectivity index (χ4v) is 1.33. The Hall–Kier alpha value is -0.300. The lowest BCUT2D eigenvalue weighted by molar-refractivity contribution is 0.102. The minimum Gasteiger partial charge on any atom is -0.393 e. The van der Waals surface area contributed by atoms with Crippen molar-refractivity contribution in [3.63, 3.8) is 0 Å². The molecule has 0 rings (SSSR count). The van der Waals surface area contributed by atoms with E-state index in [0.29, 0.717) is 11.8 Å². The van der Waals surface area contributed by atoms with Gasteiger partial charge in [-0.25, -0.2) is 0 Å². The van der Waals surface area contributed by atoms with E-state index in [4.69, 9.17) is 0 Å². The molecule has 1 heteroatoms. The summed E-state index contributed by atoms with van der Waals surface area (Å²) >= 11 is 0. The van der Waals surface area contributed by atoms with Crippen LogP contribution in [0.15, 0.2) is 12.7 Å². The minimum atomic E-state index is -0.210. The van der Waals surface area contributed by atoms with Gasteiger partial charge in [-0.05, 0) is 18.8 Å². The van der Waals surface area contributed by atoms with E-state index < -0.39 is 0 Å². The Morgan fingerprint density at radius 3 is 2.10 bits per heavy atom. The zero-order valence-electron chi connectivity index (χ0n) is 7.17. The molecule has 0 aromatic carbocycles. The maximum absolute atomic E-state index is 9.27. The van der Waals surface area contributed by atoms with Gasteiger partial charge < -0.3 is 5.11 Å². The van der Waals surface area contributed by atoms with Gasteiger partial charge in [-0.15, -0.1) is 6.58 Å². The van der Waals surface area contributed by atoms with Gasteiger partial charge >= 0.3 is 0 Å². The van der Waals surface area contributed by atoms with Gasteiger partial charge in [0.1, 0.15) is 0 Å². The molecule has 0 amide bonds. The number of aliphatic hydroxyl groups excluding tert-OH is 1. The van der Waals surface area contributed by atoms with Gasteiger partial charge in [0.05, 0.1) is 6.10 Å². The molecule has 0 aliphatic carbocycles. The zero-order valence-corrected chi connectivity index (χ0v) is 7.17. The van der Waals surface area contributed by atoms with Crippen LogP contribution in [0.3, 0.4) is 0 Å². The summed E-state index contributed by atoms with van der Waals surface area (Å²) in [6, 6.07) is 0. The first-order valence-corrected chi connectivity index (χ1v) is 3.94. The molecule has 0 saturated heterocycles. The van der Waals surface area contributed by atoms with E-state index in [1.54, 1.807) is 0 Å². The highest BCUT2D eigenvalue weighted by atomic mass is 16.3. The number of rotatable bonds is 4. The summed E-state index contributed by atoms with van der Waals surface area (Å²) < 4.78 is 0. The maximum Gasteiger partial charge on any atom is 0.0545 e. The van der Waals surface area contributed by atoms with Crippen LogP contribution >= 0.6 is 0 Å². The van der Waals surface area contributed by atoms with E-state index >= 15 is 0 Å². The third kappa shape index (κ3) is 2.53. The lowest BCUT2D eigenvalue weighted by Gasteiger charge is -2.22. The highest BCUT2D eigenvalue weighted by Crippen LogP contribution is 2.19. The Balaban J connectivity index is 3.92. The molecule has 0 aromatic rings. The molecular weight excluding hydrogens is 124 g/mol. The first-order valence-electron chi connectivity index (χ1n) is 3.94. The lowest BCUT2D eigenvalue weighted by Crippen LogP contribution is -2.21. The van der Waals surface area contributed by atoms with Crippen molar-refractivity contribution in [1.82, 2.24) is 0 Å². The van der Waals surface area contributed by atoms with Crippen molar-refractivity contribution in [2.75, 3.05) is 0 Å². The van der Waals surface area contributed by atoms with Crippen molar-refractivity contribution in [3.8, 4) is 0 Å². The summed E-state index contributed by atoms with van der Waals surface area (Å²) in [6.07, 6.45) is 2.71. The van der Waals surface area contributed by atoms with Crippen molar-refractivity contribution in [2.45, 2.75) is 33.3 Å². The van der Waals surface area contributed by atoms with Crippen molar-refractivity contribution < 1.29 is 5.11 Å². The topological polar surface area (TPSA) is 20.2 Å². The van der Waals surface area contributed by atoms with E-state index in [1.807, 2.05) is 13.0 Å². The second-order valence-corrected chi connectivity index (χ2v) is 2.91. The third-order valence-electron chi connectivity index (χ3n) is 2.14. The SMILES string of the molecule is C=CC(C)C(CC)C(C)O. The van der Waals surface area contributed by atoms with Crippen LogP contribution in [0.2, 0.25) is 0 Å². The molecule has 0 bridgehead atoms. The molecule has 0 fully saturated rings. The molecular formula is C9H18O. The van der Waals surface area contributed by atoms with E-state index in [0.717, 1.165) is 6.42 Å². The molecule has 0 aliphatic rings. The molecule has 0 radical (unpaired) electrons. The highest BCUT2D eigenvalue weighted by molar-refractivity contribution is 4.82. The van der Waals surface area contributed by atoms with E-state index in [2.05, 4.69) is 20.4 Å². The fraction of sp³-hybridized carbons (Fsp3) is 0.778. The van der Waals surface area contributed by atoms with Gasteiger partial charge in [-0.3, -0.25) is 0 Å². The second-order valence-electron chi connectivity index (χ2n) is 2.91. The van der Waals surface area contributed by atoms with Gasteiger partial charge in [0.15, 0.2) is 0 Å². The maximum atomic E-state index is 9.27. The van der Waals surface area contributed by atoms with Crippen LogP contribution in [0.4, 0.5) is 0 Å². The summed E-state index contributed by atoms with van der Waals surface area (Å²) in [4.78, 5) is 0. The molecule has 0 aliphatic heterocycles. The monoisotopic (exact) mass is 142 g/mol. The van der Waals surface area contributed by atoms with E-state index in [1.165, 1.54) is 0 Å². The van der Waals surface area contributed by atoms with Gasteiger partial charge in [-0.1, -0.05) is 26.3 Å². The van der Waals surface area contributed by atoms with Crippen molar-refractivity contribution in [3.05, 3.63) is 12.7 Å². The van der Waals surface area contributed by atoms with E-state index in [-0.39, 0.29) is 6.10 Å². The van der Waals surface area contributed by atoms with Crippen LogP contribution in [0.25, 0.3) is 0 Å². The van der Waals surface area contributed by atoms with Crippen LogP contribution in [0.1, 0.15) is 27.2 Å².